The Morgan fingerprint density at radius 1 is 1.04 bits per heavy atom. The highest BCUT2D eigenvalue weighted by Crippen LogP contribution is 2.17. The van der Waals surface area contributed by atoms with Gasteiger partial charge in [-0.25, -0.2) is 9.78 Å². The first kappa shape index (κ1) is 21.2. The molecule has 7 heteroatoms. The number of rotatable bonds is 7. The van der Waals surface area contributed by atoms with Crippen LogP contribution in [0.5, 0.6) is 5.75 Å². The smallest absolute Gasteiger partial charge is 0.407 e. The van der Waals surface area contributed by atoms with Crippen LogP contribution in [-0.2, 0) is 11.3 Å². The van der Waals surface area contributed by atoms with E-state index in [4.69, 9.17) is 9.47 Å². The van der Waals surface area contributed by atoms with Gasteiger partial charge in [0.05, 0.1) is 0 Å². The van der Waals surface area contributed by atoms with Gasteiger partial charge in [0.2, 0.25) is 0 Å². The lowest BCUT2D eigenvalue weighted by molar-refractivity contribution is 0.0526. The number of benzene rings is 1. The van der Waals surface area contributed by atoms with Crippen molar-refractivity contribution in [3.63, 3.8) is 0 Å². The predicted octanol–water partition coefficient (Wildman–Crippen LogP) is 3.22. The zero-order chi connectivity index (χ0) is 20.6. The predicted molar refractivity (Wildman–Crippen MR) is 106 cm³/mol. The number of ether oxygens (including phenoxy) is 2. The molecule has 0 spiro atoms. The lowest BCUT2D eigenvalue weighted by Crippen LogP contribution is -2.38. The van der Waals surface area contributed by atoms with Crippen LogP contribution in [0.3, 0.4) is 0 Å². The second-order valence-corrected chi connectivity index (χ2v) is 7.31. The van der Waals surface area contributed by atoms with Crippen LogP contribution < -0.4 is 15.4 Å². The fourth-order valence-corrected chi connectivity index (χ4v) is 2.26. The molecule has 0 unspecified atom stereocenters. The van der Waals surface area contributed by atoms with E-state index in [1.165, 1.54) is 11.8 Å². The van der Waals surface area contributed by atoms with E-state index in [-0.39, 0.29) is 24.7 Å². The number of alkyl carbamates (subject to hydrolysis) is 1. The van der Waals surface area contributed by atoms with E-state index in [9.17, 15) is 9.59 Å². The molecule has 2 aromatic rings. The number of aromatic nitrogens is 1. The summed E-state index contributed by atoms with van der Waals surface area (Å²) in [7, 11) is 0. The summed E-state index contributed by atoms with van der Waals surface area (Å²) < 4.78 is 10.9. The van der Waals surface area contributed by atoms with Crippen molar-refractivity contribution >= 4 is 12.0 Å². The number of amides is 2. The van der Waals surface area contributed by atoms with Gasteiger partial charge in [-0.05, 0) is 45.4 Å². The number of carbonyl (C=O) groups is 2. The third kappa shape index (κ3) is 7.26. The van der Waals surface area contributed by atoms with Gasteiger partial charge in [0.1, 0.15) is 12.2 Å². The molecular formula is C21H27N3O4. The van der Waals surface area contributed by atoms with Gasteiger partial charge in [0.15, 0.2) is 11.4 Å². The molecule has 0 aliphatic carbocycles. The van der Waals surface area contributed by atoms with E-state index >= 15 is 0 Å². The van der Waals surface area contributed by atoms with Crippen LogP contribution in [-0.4, -0.2) is 35.7 Å². The van der Waals surface area contributed by atoms with E-state index in [0.29, 0.717) is 12.4 Å². The minimum Gasteiger partial charge on any atom is -0.486 e. The van der Waals surface area contributed by atoms with E-state index in [0.717, 1.165) is 5.56 Å². The fraction of sp³-hybridized carbons (Fsp3) is 0.381. The van der Waals surface area contributed by atoms with Crippen molar-refractivity contribution in [3.8, 4) is 5.75 Å². The van der Waals surface area contributed by atoms with Gasteiger partial charge >= 0.3 is 6.09 Å². The first-order chi connectivity index (χ1) is 13.2. The summed E-state index contributed by atoms with van der Waals surface area (Å²) >= 11 is 0. The summed E-state index contributed by atoms with van der Waals surface area (Å²) in [4.78, 5) is 28.1. The Morgan fingerprint density at radius 2 is 1.71 bits per heavy atom. The summed E-state index contributed by atoms with van der Waals surface area (Å²) in [6.07, 6.45) is 1.01. The number of hydrogen-bond acceptors (Lipinski definition) is 5. The summed E-state index contributed by atoms with van der Waals surface area (Å²) in [6, 6.07) is 11.4. The SMILES string of the molecule is Cc1ccc(COc2cccnc2C(=O)NCCNC(=O)OC(C)(C)C)cc1. The third-order valence-corrected chi connectivity index (χ3v) is 3.58. The molecule has 0 saturated carbocycles. The van der Waals surface area contributed by atoms with E-state index in [2.05, 4.69) is 15.6 Å². The zero-order valence-corrected chi connectivity index (χ0v) is 16.7. The van der Waals surface area contributed by atoms with Crippen LogP contribution in [0.25, 0.3) is 0 Å². The number of nitrogens with zero attached hydrogens (tertiary/aromatic N) is 1. The first-order valence-electron chi connectivity index (χ1n) is 9.13. The minimum atomic E-state index is -0.565. The van der Waals surface area contributed by atoms with Crippen molar-refractivity contribution in [2.45, 2.75) is 39.9 Å². The molecule has 7 nitrogen and oxygen atoms in total. The van der Waals surface area contributed by atoms with Crippen molar-refractivity contribution < 1.29 is 19.1 Å². The van der Waals surface area contributed by atoms with Gasteiger partial charge in [0.25, 0.3) is 5.91 Å². The van der Waals surface area contributed by atoms with E-state index in [1.807, 2.05) is 31.2 Å². The monoisotopic (exact) mass is 385 g/mol. The van der Waals surface area contributed by atoms with Crippen LogP contribution >= 0.6 is 0 Å². The summed E-state index contributed by atoms with van der Waals surface area (Å²) in [6.45, 7) is 8.20. The molecule has 2 amide bonds. The summed E-state index contributed by atoms with van der Waals surface area (Å²) in [5.74, 6) is 0.0335. The highest BCUT2D eigenvalue weighted by Gasteiger charge is 2.16. The van der Waals surface area contributed by atoms with Gasteiger partial charge in [-0.15, -0.1) is 0 Å². The van der Waals surface area contributed by atoms with Gasteiger partial charge in [0, 0.05) is 19.3 Å². The Kier molecular flexibility index (Phi) is 7.37. The lowest BCUT2D eigenvalue weighted by Gasteiger charge is -2.19. The number of carbonyl (C=O) groups excluding carboxylic acids is 2. The molecule has 150 valence electrons. The second-order valence-electron chi connectivity index (χ2n) is 7.31. The zero-order valence-electron chi connectivity index (χ0n) is 16.7. The van der Waals surface area contributed by atoms with Crippen molar-refractivity contribution in [2.24, 2.45) is 0 Å². The number of aryl methyl sites for hydroxylation is 1. The molecule has 0 aliphatic rings. The fourth-order valence-electron chi connectivity index (χ4n) is 2.26. The summed E-state index contributed by atoms with van der Waals surface area (Å²) in [5, 5.41) is 5.30. The first-order valence-corrected chi connectivity index (χ1v) is 9.13. The average Bonchev–Trinajstić information content (AvgIpc) is 2.63. The molecule has 0 radical (unpaired) electrons. The van der Waals surface area contributed by atoms with Crippen LogP contribution in [0.4, 0.5) is 4.79 Å². The maximum absolute atomic E-state index is 12.4. The molecule has 0 bridgehead atoms. The molecule has 2 N–H and O–H groups in total. The molecule has 1 aromatic carbocycles. The molecule has 0 fully saturated rings. The van der Waals surface area contributed by atoms with Crippen molar-refractivity contribution in [1.82, 2.24) is 15.6 Å². The maximum atomic E-state index is 12.4. The summed E-state index contributed by atoms with van der Waals surface area (Å²) in [5.41, 5.74) is 1.81. The molecule has 28 heavy (non-hydrogen) atoms. The second kappa shape index (κ2) is 9.73. The van der Waals surface area contributed by atoms with Crippen molar-refractivity contribution in [1.29, 1.82) is 0 Å². The van der Waals surface area contributed by atoms with Gasteiger partial charge in [-0.3, -0.25) is 4.79 Å². The van der Waals surface area contributed by atoms with Crippen LogP contribution in [0.2, 0.25) is 0 Å². The average molecular weight is 385 g/mol. The molecule has 2 rings (SSSR count). The number of hydrogen-bond donors (Lipinski definition) is 2. The Labute approximate surface area is 165 Å². The van der Waals surface area contributed by atoms with E-state index in [1.54, 1.807) is 32.9 Å². The number of pyridine rings is 1. The quantitative estimate of drug-likeness (QED) is 0.714. The Hall–Kier alpha value is -3.09. The standard InChI is InChI=1S/C21H27N3O4/c1-15-7-9-16(10-8-15)14-27-17-6-5-11-22-18(17)19(25)23-12-13-24-20(26)28-21(2,3)4/h5-11H,12-14H2,1-4H3,(H,23,25)(H,24,26). The molecule has 1 aromatic heterocycles. The maximum Gasteiger partial charge on any atom is 0.407 e. The normalized spacial score (nSPS) is 10.9. The van der Waals surface area contributed by atoms with E-state index < -0.39 is 11.7 Å². The minimum absolute atomic E-state index is 0.201. The highest BCUT2D eigenvalue weighted by molar-refractivity contribution is 5.94. The molecule has 0 aliphatic heterocycles. The van der Waals surface area contributed by atoms with Crippen molar-refractivity contribution in [3.05, 3.63) is 59.4 Å². The molecule has 0 atom stereocenters. The Bertz CT molecular complexity index is 798. The van der Waals surface area contributed by atoms with Crippen LogP contribution in [0.1, 0.15) is 42.4 Å². The van der Waals surface area contributed by atoms with Crippen LogP contribution in [0, 0.1) is 6.92 Å². The highest BCUT2D eigenvalue weighted by atomic mass is 16.6. The van der Waals surface area contributed by atoms with Crippen molar-refractivity contribution in [2.75, 3.05) is 13.1 Å². The Balaban J connectivity index is 1.84. The van der Waals surface area contributed by atoms with Gasteiger partial charge in [-0.2, -0.15) is 0 Å². The lowest BCUT2D eigenvalue weighted by atomic mass is 10.2. The Morgan fingerprint density at radius 3 is 2.39 bits per heavy atom. The van der Waals surface area contributed by atoms with Gasteiger partial charge < -0.3 is 20.1 Å². The van der Waals surface area contributed by atoms with Crippen LogP contribution in [0.15, 0.2) is 42.6 Å². The number of nitrogens with one attached hydrogen (secondary N) is 2. The molecular weight excluding hydrogens is 358 g/mol. The molecule has 1 heterocycles. The largest absolute Gasteiger partial charge is 0.486 e. The molecule has 0 saturated heterocycles. The topological polar surface area (TPSA) is 89.5 Å². The third-order valence-electron chi connectivity index (χ3n) is 3.58. The van der Waals surface area contributed by atoms with Gasteiger partial charge in [-0.1, -0.05) is 29.8 Å².